The summed E-state index contributed by atoms with van der Waals surface area (Å²) in [4.78, 5) is 15.8. The molecule has 0 aromatic rings. The van der Waals surface area contributed by atoms with Crippen molar-refractivity contribution in [2.75, 3.05) is 6.54 Å². The summed E-state index contributed by atoms with van der Waals surface area (Å²) in [5, 5.41) is 12.5. The molecule has 7 nitrogen and oxygen atoms in total. The molecule has 1 aliphatic heterocycles. The van der Waals surface area contributed by atoms with Gasteiger partial charge in [0.2, 0.25) is 0 Å². The molecule has 1 rings (SSSR count). The fourth-order valence-corrected chi connectivity index (χ4v) is 1.62. The molecule has 0 N–H and O–H groups in total. The van der Waals surface area contributed by atoms with Gasteiger partial charge in [0.05, 0.1) is 12.1 Å². The Bertz CT molecular complexity index is 388. The smallest absolute Gasteiger partial charge is 0.411 e. The molecule has 1 amide bonds. The van der Waals surface area contributed by atoms with Crippen molar-refractivity contribution < 1.29 is 9.53 Å². The van der Waals surface area contributed by atoms with E-state index in [1.165, 1.54) is 4.90 Å². The van der Waals surface area contributed by atoms with Crippen LogP contribution >= 0.6 is 0 Å². The van der Waals surface area contributed by atoms with Gasteiger partial charge in [0.15, 0.2) is 0 Å². The maximum absolute atomic E-state index is 11.8. The number of carbonyl (C=O) groups is 1. The third-order valence-corrected chi connectivity index (χ3v) is 2.27. The molecule has 1 heterocycles. The maximum Gasteiger partial charge on any atom is 0.411 e. The first kappa shape index (κ1) is 13.1. The maximum atomic E-state index is 11.8. The highest BCUT2D eigenvalue weighted by molar-refractivity contribution is 5.69. The third-order valence-electron chi connectivity index (χ3n) is 2.27. The van der Waals surface area contributed by atoms with Gasteiger partial charge in [0.1, 0.15) is 11.6 Å². The minimum Gasteiger partial charge on any atom is -0.444 e. The normalized spacial score (nSPS) is 23.8. The number of likely N-dealkylation sites (tertiary alicyclic amines) is 1. The molecule has 0 spiro atoms. The van der Waals surface area contributed by atoms with E-state index in [0.29, 0.717) is 6.42 Å². The number of hydrogen-bond acceptors (Lipinski definition) is 4. The van der Waals surface area contributed by atoms with Crippen LogP contribution in [0.25, 0.3) is 10.4 Å². The van der Waals surface area contributed by atoms with Crippen LogP contribution in [0.1, 0.15) is 27.2 Å². The zero-order chi connectivity index (χ0) is 13.1. The molecule has 2 atom stereocenters. The fraction of sp³-hybridized carbons (Fsp3) is 0.800. The predicted octanol–water partition coefficient (Wildman–Crippen LogP) is 2.20. The molecule has 1 aliphatic rings. The quantitative estimate of drug-likeness (QED) is 0.396. The topological polar surface area (TPSA) is 102 Å². The van der Waals surface area contributed by atoms with E-state index < -0.39 is 17.7 Å². The van der Waals surface area contributed by atoms with E-state index in [0.717, 1.165) is 0 Å². The standard InChI is InChI=1S/C10H15N5O2/c1-10(2,3)17-9(16)15-6-7(13-14-12)4-8(15)5-11/h7-8H,4,6H2,1-3H3/t7?,8-/m1/s1. The molecular weight excluding hydrogens is 222 g/mol. The van der Waals surface area contributed by atoms with E-state index in [1.807, 2.05) is 6.07 Å². The van der Waals surface area contributed by atoms with Gasteiger partial charge in [0.25, 0.3) is 0 Å². The number of nitriles is 1. The van der Waals surface area contributed by atoms with Crippen molar-refractivity contribution in [3.05, 3.63) is 10.4 Å². The number of amides is 1. The second-order valence-electron chi connectivity index (χ2n) is 4.87. The molecule has 0 saturated carbocycles. The van der Waals surface area contributed by atoms with Crippen LogP contribution in [0.15, 0.2) is 5.11 Å². The number of hydrogen-bond donors (Lipinski definition) is 0. The van der Waals surface area contributed by atoms with Gasteiger partial charge in [-0.3, -0.25) is 4.90 Å². The van der Waals surface area contributed by atoms with Crippen LogP contribution in [-0.4, -0.2) is 35.2 Å². The van der Waals surface area contributed by atoms with Gasteiger partial charge < -0.3 is 4.74 Å². The van der Waals surface area contributed by atoms with Crippen LogP contribution in [0.5, 0.6) is 0 Å². The summed E-state index contributed by atoms with van der Waals surface area (Å²) >= 11 is 0. The Labute approximate surface area is 99.6 Å². The predicted molar refractivity (Wildman–Crippen MR) is 59.9 cm³/mol. The van der Waals surface area contributed by atoms with Crippen molar-refractivity contribution in [1.29, 1.82) is 5.26 Å². The van der Waals surface area contributed by atoms with Crippen LogP contribution in [-0.2, 0) is 4.74 Å². The van der Waals surface area contributed by atoms with Crippen molar-refractivity contribution in [1.82, 2.24) is 4.90 Å². The van der Waals surface area contributed by atoms with Gasteiger partial charge in [-0.1, -0.05) is 5.11 Å². The van der Waals surface area contributed by atoms with Crippen molar-refractivity contribution >= 4 is 6.09 Å². The molecule has 7 heteroatoms. The minimum atomic E-state index is -0.603. The van der Waals surface area contributed by atoms with Gasteiger partial charge in [-0.25, -0.2) is 4.79 Å². The second kappa shape index (κ2) is 4.93. The Kier molecular flexibility index (Phi) is 3.81. The molecular formula is C10H15N5O2. The van der Waals surface area contributed by atoms with Crippen LogP contribution < -0.4 is 0 Å². The lowest BCUT2D eigenvalue weighted by atomic mass is 10.2. The number of ether oxygens (including phenoxy) is 1. The summed E-state index contributed by atoms with van der Waals surface area (Å²) in [6.45, 7) is 5.50. The average Bonchev–Trinajstić information content (AvgIpc) is 2.59. The second-order valence-corrected chi connectivity index (χ2v) is 4.87. The van der Waals surface area contributed by atoms with Gasteiger partial charge in [-0.05, 0) is 32.7 Å². The van der Waals surface area contributed by atoms with Crippen LogP contribution in [0.2, 0.25) is 0 Å². The summed E-state index contributed by atoms with van der Waals surface area (Å²) in [7, 11) is 0. The molecule has 0 radical (unpaired) electrons. The monoisotopic (exact) mass is 237 g/mol. The molecule has 0 aromatic carbocycles. The number of nitrogens with zero attached hydrogens (tertiary/aromatic N) is 5. The highest BCUT2D eigenvalue weighted by Crippen LogP contribution is 2.22. The molecule has 1 fully saturated rings. The lowest BCUT2D eigenvalue weighted by Gasteiger charge is -2.25. The molecule has 1 unspecified atom stereocenters. The summed E-state index contributed by atoms with van der Waals surface area (Å²) < 4.78 is 5.18. The van der Waals surface area contributed by atoms with Crippen LogP contribution in [0.3, 0.4) is 0 Å². The summed E-state index contributed by atoms with van der Waals surface area (Å²) in [6.07, 6.45) is -0.181. The number of azide groups is 1. The highest BCUT2D eigenvalue weighted by Gasteiger charge is 2.37. The Morgan fingerprint density at radius 1 is 1.65 bits per heavy atom. The largest absolute Gasteiger partial charge is 0.444 e. The van der Waals surface area contributed by atoms with E-state index in [-0.39, 0.29) is 12.6 Å². The van der Waals surface area contributed by atoms with Crippen LogP contribution in [0.4, 0.5) is 4.79 Å². The number of carbonyl (C=O) groups excluding carboxylic acids is 1. The molecule has 0 aliphatic carbocycles. The molecule has 17 heavy (non-hydrogen) atoms. The molecule has 0 bridgehead atoms. The zero-order valence-electron chi connectivity index (χ0n) is 10.1. The van der Waals surface area contributed by atoms with Gasteiger partial charge >= 0.3 is 6.09 Å². The molecule has 0 aromatic heterocycles. The fourth-order valence-electron chi connectivity index (χ4n) is 1.62. The molecule has 92 valence electrons. The van der Waals surface area contributed by atoms with E-state index >= 15 is 0 Å². The first-order chi connectivity index (χ1) is 7.87. The Hall–Kier alpha value is -1.93. The summed E-state index contributed by atoms with van der Waals surface area (Å²) in [5.41, 5.74) is 7.73. The van der Waals surface area contributed by atoms with E-state index in [2.05, 4.69) is 10.0 Å². The highest BCUT2D eigenvalue weighted by atomic mass is 16.6. The Morgan fingerprint density at radius 3 is 2.76 bits per heavy atom. The lowest BCUT2D eigenvalue weighted by Crippen LogP contribution is -2.39. The lowest BCUT2D eigenvalue weighted by molar-refractivity contribution is 0.0258. The minimum absolute atomic E-state index is 0.233. The first-order valence-electron chi connectivity index (χ1n) is 5.31. The van der Waals surface area contributed by atoms with Gasteiger partial charge in [-0.2, -0.15) is 5.26 Å². The van der Waals surface area contributed by atoms with Crippen molar-refractivity contribution in [2.45, 2.75) is 44.9 Å². The van der Waals surface area contributed by atoms with Gasteiger partial charge in [0, 0.05) is 11.5 Å². The van der Waals surface area contributed by atoms with E-state index in [9.17, 15) is 4.79 Å². The van der Waals surface area contributed by atoms with Crippen molar-refractivity contribution in [3.63, 3.8) is 0 Å². The number of rotatable bonds is 1. The van der Waals surface area contributed by atoms with E-state index in [4.69, 9.17) is 15.5 Å². The van der Waals surface area contributed by atoms with E-state index in [1.54, 1.807) is 20.8 Å². The Morgan fingerprint density at radius 2 is 2.29 bits per heavy atom. The molecule has 1 saturated heterocycles. The van der Waals surface area contributed by atoms with Crippen LogP contribution in [0, 0.1) is 11.3 Å². The van der Waals surface area contributed by atoms with Crippen molar-refractivity contribution in [2.24, 2.45) is 5.11 Å². The summed E-state index contributed by atoms with van der Waals surface area (Å²) in [6, 6.07) is 1.08. The van der Waals surface area contributed by atoms with Crippen molar-refractivity contribution in [3.8, 4) is 6.07 Å². The zero-order valence-corrected chi connectivity index (χ0v) is 10.1. The SMILES string of the molecule is CC(C)(C)OC(=O)N1CC(N=[N+]=[N-])C[C@@H]1C#N. The Balaban J connectivity index is 2.73. The summed E-state index contributed by atoms with van der Waals surface area (Å²) in [5.74, 6) is 0. The first-order valence-corrected chi connectivity index (χ1v) is 5.31. The average molecular weight is 237 g/mol. The van der Waals surface area contributed by atoms with Gasteiger partial charge in [-0.15, -0.1) is 0 Å². The third kappa shape index (κ3) is 3.54.